The Morgan fingerprint density at radius 1 is 1.47 bits per heavy atom. The Bertz CT molecular complexity index is 328. The van der Waals surface area contributed by atoms with Gasteiger partial charge in [0.25, 0.3) is 0 Å². The van der Waals surface area contributed by atoms with Gasteiger partial charge in [-0.05, 0) is 36.1 Å². The summed E-state index contributed by atoms with van der Waals surface area (Å²) in [4.78, 5) is 0. The van der Waals surface area contributed by atoms with Crippen LogP contribution in [0.25, 0.3) is 0 Å². The molecule has 0 aromatic heterocycles. The highest BCUT2D eigenvalue weighted by Crippen LogP contribution is 2.18. The molecule has 0 amide bonds. The molecule has 1 rings (SSSR count). The first-order chi connectivity index (χ1) is 7.04. The molecule has 0 aliphatic rings. The third-order valence-corrected chi connectivity index (χ3v) is 2.96. The van der Waals surface area contributed by atoms with Crippen molar-refractivity contribution in [3.8, 4) is 0 Å². The molecule has 84 valence electrons. The average Bonchev–Trinajstić information content (AvgIpc) is 2.18. The van der Waals surface area contributed by atoms with Gasteiger partial charge in [0.1, 0.15) is 5.82 Å². The Labute approximate surface area is 98.1 Å². The van der Waals surface area contributed by atoms with Gasteiger partial charge in [-0.1, -0.05) is 29.8 Å². The molecule has 0 bridgehead atoms. The fourth-order valence-electron chi connectivity index (χ4n) is 1.42. The van der Waals surface area contributed by atoms with E-state index in [4.69, 9.17) is 5.84 Å². The van der Waals surface area contributed by atoms with E-state index >= 15 is 0 Å². The number of rotatable bonds is 4. The van der Waals surface area contributed by atoms with Gasteiger partial charge in [-0.2, -0.15) is 0 Å². The number of halogens is 2. The van der Waals surface area contributed by atoms with Gasteiger partial charge < -0.3 is 0 Å². The second-order valence-electron chi connectivity index (χ2n) is 3.96. The summed E-state index contributed by atoms with van der Waals surface area (Å²) < 4.78 is 14.3. The second kappa shape index (κ2) is 5.58. The Balaban J connectivity index is 2.82. The lowest BCUT2D eigenvalue weighted by molar-refractivity contribution is 0.399. The monoisotopic (exact) mass is 274 g/mol. The van der Waals surface area contributed by atoms with E-state index in [0.29, 0.717) is 17.9 Å². The zero-order valence-corrected chi connectivity index (χ0v) is 10.5. The van der Waals surface area contributed by atoms with E-state index in [1.54, 1.807) is 12.1 Å². The third-order valence-electron chi connectivity index (χ3n) is 2.47. The summed E-state index contributed by atoms with van der Waals surface area (Å²) in [5.41, 5.74) is 3.40. The molecule has 3 N–H and O–H groups in total. The fraction of sp³-hybridized carbons (Fsp3) is 0.455. The maximum Gasteiger partial charge on any atom is 0.126 e. The normalized spacial score (nSPS) is 13.2. The third kappa shape index (κ3) is 3.55. The van der Waals surface area contributed by atoms with Gasteiger partial charge in [-0.15, -0.1) is 0 Å². The van der Waals surface area contributed by atoms with Crippen molar-refractivity contribution in [3.05, 3.63) is 34.1 Å². The van der Waals surface area contributed by atoms with E-state index in [1.807, 2.05) is 0 Å². The molecule has 0 heterocycles. The molecule has 2 nitrogen and oxygen atoms in total. The quantitative estimate of drug-likeness (QED) is 0.655. The van der Waals surface area contributed by atoms with Crippen LogP contribution in [0.3, 0.4) is 0 Å². The molecule has 15 heavy (non-hydrogen) atoms. The van der Waals surface area contributed by atoms with Gasteiger partial charge in [0.15, 0.2) is 0 Å². The van der Waals surface area contributed by atoms with Crippen LogP contribution in [0.15, 0.2) is 22.7 Å². The molecule has 1 unspecified atom stereocenters. The first-order valence-corrected chi connectivity index (χ1v) is 5.74. The summed E-state index contributed by atoms with van der Waals surface area (Å²) in [6, 6.07) is 5.04. The number of hydrogen-bond acceptors (Lipinski definition) is 2. The predicted molar refractivity (Wildman–Crippen MR) is 63.8 cm³/mol. The van der Waals surface area contributed by atoms with Gasteiger partial charge in [-0.3, -0.25) is 11.3 Å². The molecular weight excluding hydrogens is 259 g/mol. The van der Waals surface area contributed by atoms with Crippen molar-refractivity contribution in [3.63, 3.8) is 0 Å². The standard InChI is InChI=1S/C11H16BrFN2/c1-7(2)11(15-14)6-8-5-9(12)3-4-10(8)13/h3-5,7,11,15H,6,14H2,1-2H3. The predicted octanol–water partition coefficient (Wildman–Crippen LogP) is 2.62. The summed E-state index contributed by atoms with van der Waals surface area (Å²) >= 11 is 3.33. The van der Waals surface area contributed by atoms with Crippen LogP contribution in [0.4, 0.5) is 4.39 Å². The minimum absolute atomic E-state index is 0.0915. The molecule has 0 saturated carbocycles. The molecule has 0 aliphatic heterocycles. The Morgan fingerprint density at radius 2 is 2.13 bits per heavy atom. The summed E-state index contributed by atoms with van der Waals surface area (Å²) in [5, 5.41) is 0. The van der Waals surface area contributed by atoms with Crippen LogP contribution in [-0.2, 0) is 6.42 Å². The van der Waals surface area contributed by atoms with Crippen LogP contribution in [0.5, 0.6) is 0 Å². The van der Waals surface area contributed by atoms with Gasteiger partial charge >= 0.3 is 0 Å². The van der Waals surface area contributed by atoms with Crippen molar-refractivity contribution >= 4 is 15.9 Å². The number of benzene rings is 1. The van der Waals surface area contributed by atoms with Crippen LogP contribution in [-0.4, -0.2) is 6.04 Å². The van der Waals surface area contributed by atoms with E-state index in [1.165, 1.54) is 6.07 Å². The van der Waals surface area contributed by atoms with E-state index in [-0.39, 0.29) is 11.9 Å². The molecule has 4 heteroatoms. The molecule has 0 aliphatic carbocycles. The largest absolute Gasteiger partial charge is 0.271 e. The van der Waals surface area contributed by atoms with Crippen LogP contribution in [0.2, 0.25) is 0 Å². The Morgan fingerprint density at radius 3 is 2.67 bits per heavy atom. The van der Waals surface area contributed by atoms with E-state index in [0.717, 1.165) is 4.47 Å². The van der Waals surface area contributed by atoms with E-state index in [9.17, 15) is 4.39 Å². The zero-order chi connectivity index (χ0) is 11.4. The van der Waals surface area contributed by atoms with Gasteiger partial charge in [-0.25, -0.2) is 4.39 Å². The number of nitrogens with one attached hydrogen (secondary N) is 1. The molecule has 0 fully saturated rings. The lowest BCUT2D eigenvalue weighted by atomic mass is 9.97. The van der Waals surface area contributed by atoms with Crippen LogP contribution < -0.4 is 11.3 Å². The highest BCUT2D eigenvalue weighted by atomic mass is 79.9. The number of hydrogen-bond donors (Lipinski definition) is 2. The fourth-order valence-corrected chi connectivity index (χ4v) is 1.83. The van der Waals surface area contributed by atoms with Crippen molar-refractivity contribution in [2.24, 2.45) is 11.8 Å². The Hall–Kier alpha value is -0.450. The van der Waals surface area contributed by atoms with Crippen molar-refractivity contribution in [1.82, 2.24) is 5.43 Å². The van der Waals surface area contributed by atoms with Crippen LogP contribution in [0.1, 0.15) is 19.4 Å². The zero-order valence-electron chi connectivity index (χ0n) is 8.93. The highest BCUT2D eigenvalue weighted by molar-refractivity contribution is 9.10. The molecule has 0 spiro atoms. The molecule has 0 radical (unpaired) electrons. The highest BCUT2D eigenvalue weighted by Gasteiger charge is 2.14. The van der Waals surface area contributed by atoms with Gasteiger partial charge in [0.05, 0.1) is 0 Å². The van der Waals surface area contributed by atoms with E-state index < -0.39 is 0 Å². The van der Waals surface area contributed by atoms with Gasteiger partial charge in [0.2, 0.25) is 0 Å². The lowest BCUT2D eigenvalue weighted by Crippen LogP contribution is -2.40. The molecular formula is C11H16BrFN2. The molecule has 1 aromatic carbocycles. The van der Waals surface area contributed by atoms with Crippen molar-refractivity contribution in [2.45, 2.75) is 26.3 Å². The average molecular weight is 275 g/mol. The molecule has 0 saturated heterocycles. The second-order valence-corrected chi connectivity index (χ2v) is 4.87. The molecule has 1 atom stereocenters. The van der Waals surface area contributed by atoms with Crippen molar-refractivity contribution in [1.29, 1.82) is 0 Å². The SMILES string of the molecule is CC(C)C(Cc1cc(Br)ccc1F)NN. The summed E-state index contributed by atoms with van der Waals surface area (Å²) in [6.45, 7) is 4.11. The Kier molecular flexibility index (Phi) is 4.70. The van der Waals surface area contributed by atoms with Crippen LogP contribution in [0, 0.1) is 11.7 Å². The summed E-state index contributed by atoms with van der Waals surface area (Å²) in [7, 11) is 0. The summed E-state index contributed by atoms with van der Waals surface area (Å²) in [5.74, 6) is 5.61. The smallest absolute Gasteiger partial charge is 0.126 e. The van der Waals surface area contributed by atoms with Gasteiger partial charge in [0, 0.05) is 10.5 Å². The molecule has 1 aromatic rings. The lowest BCUT2D eigenvalue weighted by Gasteiger charge is -2.20. The minimum Gasteiger partial charge on any atom is -0.271 e. The topological polar surface area (TPSA) is 38.0 Å². The number of hydrazine groups is 1. The number of nitrogens with two attached hydrogens (primary N) is 1. The first kappa shape index (κ1) is 12.6. The first-order valence-electron chi connectivity index (χ1n) is 4.94. The van der Waals surface area contributed by atoms with Crippen molar-refractivity contribution < 1.29 is 4.39 Å². The van der Waals surface area contributed by atoms with E-state index in [2.05, 4.69) is 35.2 Å². The maximum atomic E-state index is 13.4. The minimum atomic E-state index is -0.181. The maximum absolute atomic E-state index is 13.4. The van der Waals surface area contributed by atoms with Crippen LogP contribution >= 0.6 is 15.9 Å². The summed E-state index contributed by atoms with van der Waals surface area (Å²) in [6.07, 6.45) is 0.597. The van der Waals surface area contributed by atoms with Crippen molar-refractivity contribution in [2.75, 3.05) is 0 Å².